The molecule has 7 heteroatoms. The van der Waals surface area contributed by atoms with Gasteiger partial charge >= 0.3 is 0 Å². The number of furan rings is 1. The molecule has 6 nitrogen and oxygen atoms in total. The van der Waals surface area contributed by atoms with Crippen LogP contribution in [-0.2, 0) is 11.3 Å². The molecule has 1 aliphatic rings. The first kappa shape index (κ1) is 19.0. The van der Waals surface area contributed by atoms with Gasteiger partial charge in [0.2, 0.25) is 0 Å². The highest BCUT2D eigenvalue weighted by molar-refractivity contribution is 7.80. The molecule has 2 heterocycles. The maximum atomic E-state index is 12.7. The lowest BCUT2D eigenvalue weighted by molar-refractivity contribution is -0.122. The van der Waals surface area contributed by atoms with Gasteiger partial charge in [0.25, 0.3) is 5.91 Å². The summed E-state index contributed by atoms with van der Waals surface area (Å²) < 4.78 is 16.5. The molecule has 27 heavy (non-hydrogen) atoms. The summed E-state index contributed by atoms with van der Waals surface area (Å²) >= 11 is 5.28. The van der Waals surface area contributed by atoms with Crippen LogP contribution < -0.4 is 14.8 Å². The molecule has 1 saturated heterocycles. The van der Waals surface area contributed by atoms with Gasteiger partial charge in [-0.05, 0) is 54.5 Å². The molecule has 0 atom stereocenters. The summed E-state index contributed by atoms with van der Waals surface area (Å²) in [6.07, 6.45) is 5.36. The molecule has 1 aromatic carbocycles. The van der Waals surface area contributed by atoms with Crippen LogP contribution in [0.4, 0.5) is 0 Å². The number of ether oxygens (including phenoxy) is 2. The first-order valence-electron chi connectivity index (χ1n) is 8.80. The van der Waals surface area contributed by atoms with Crippen LogP contribution in [0.25, 0.3) is 6.08 Å². The zero-order valence-electron chi connectivity index (χ0n) is 15.4. The van der Waals surface area contributed by atoms with E-state index in [-0.39, 0.29) is 5.91 Å². The van der Waals surface area contributed by atoms with Crippen molar-refractivity contribution >= 4 is 29.3 Å². The van der Waals surface area contributed by atoms with Crippen LogP contribution in [0.15, 0.2) is 46.7 Å². The van der Waals surface area contributed by atoms with Gasteiger partial charge in [0, 0.05) is 0 Å². The maximum absolute atomic E-state index is 12.7. The van der Waals surface area contributed by atoms with Crippen LogP contribution >= 0.6 is 12.2 Å². The molecular formula is C20H22N2O4S. The van der Waals surface area contributed by atoms with Gasteiger partial charge in [0.05, 0.1) is 26.5 Å². The van der Waals surface area contributed by atoms with E-state index in [1.165, 1.54) is 4.90 Å². The number of thiocarbonyl (C=S) groups is 1. The third-order valence-corrected chi connectivity index (χ3v) is 4.43. The predicted molar refractivity (Wildman–Crippen MR) is 106 cm³/mol. The van der Waals surface area contributed by atoms with E-state index >= 15 is 0 Å². The molecule has 142 valence electrons. The molecular weight excluding hydrogens is 364 g/mol. The molecule has 0 saturated carbocycles. The van der Waals surface area contributed by atoms with Crippen LogP contribution in [0.3, 0.4) is 0 Å². The van der Waals surface area contributed by atoms with Crippen LogP contribution in [0.2, 0.25) is 0 Å². The first-order valence-corrected chi connectivity index (χ1v) is 9.21. The number of unbranched alkanes of at least 4 members (excludes halogenated alkanes) is 1. The van der Waals surface area contributed by atoms with Crippen LogP contribution in [-0.4, -0.2) is 29.6 Å². The summed E-state index contributed by atoms with van der Waals surface area (Å²) in [6.45, 7) is 3.05. The molecule has 0 aliphatic carbocycles. The molecule has 0 spiro atoms. The van der Waals surface area contributed by atoms with Crippen molar-refractivity contribution in [1.29, 1.82) is 0 Å². The van der Waals surface area contributed by atoms with Crippen molar-refractivity contribution in [2.75, 3.05) is 13.7 Å². The van der Waals surface area contributed by atoms with Crippen LogP contribution in [0.1, 0.15) is 31.1 Å². The maximum Gasteiger partial charge on any atom is 0.276 e. The van der Waals surface area contributed by atoms with Gasteiger partial charge in [-0.1, -0.05) is 19.4 Å². The minimum Gasteiger partial charge on any atom is -0.493 e. The summed E-state index contributed by atoms with van der Waals surface area (Å²) in [5.74, 6) is 1.79. The Labute approximate surface area is 163 Å². The topological polar surface area (TPSA) is 63.9 Å². The third kappa shape index (κ3) is 4.49. The van der Waals surface area contributed by atoms with E-state index < -0.39 is 0 Å². The molecule has 0 radical (unpaired) electrons. The fourth-order valence-electron chi connectivity index (χ4n) is 2.66. The quantitative estimate of drug-likeness (QED) is 0.424. The number of rotatable bonds is 8. The van der Waals surface area contributed by atoms with E-state index in [1.807, 2.05) is 18.2 Å². The number of nitrogens with zero attached hydrogens (tertiary/aromatic N) is 1. The average molecular weight is 386 g/mol. The normalized spacial score (nSPS) is 15.3. The molecule has 1 aliphatic heterocycles. The average Bonchev–Trinajstić information content (AvgIpc) is 3.27. The van der Waals surface area contributed by atoms with Gasteiger partial charge < -0.3 is 19.2 Å². The van der Waals surface area contributed by atoms with Crippen molar-refractivity contribution in [3.8, 4) is 11.5 Å². The van der Waals surface area contributed by atoms with E-state index in [9.17, 15) is 4.79 Å². The SMILES string of the molecule is CCCCOc1ccc(/C=C2\NC(=S)N(Cc3ccco3)C2=O)cc1OC. The molecule has 1 N–H and O–H groups in total. The highest BCUT2D eigenvalue weighted by atomic mass is 32.1. The highest BCUT2D eigenvalue weighted by Crippen LogP contribution is 2.29. The summed E-state index contributed by atoms with van der Waals surface area (Å²) in [6, 6.07) is 9.14. The number of hydrogen-bond donors (Lipinski definition) is 1. The lowest BCUT2D eigenvalue weighted by atomic mass is 10.1. The fourth-order valence-corrected chi connectivity index (χ4v) is 2.92. The minimum absolute atomic E-state index is 0.196. The van der Waals surface area contributed by atoms with Crippen molar-refractivity contribution < 1.29 is 18.7 Å². The number of hydrogen-bond acceptors (Lipinski definition) is 5. The van der Waals surface area contributed by atoms with Crippen LogP contribution in [0.5, 0.6) is 11.5 Å². The van der Waals surface area contributed by atoms with Crippen molar-refractivity contribution in [1.82, 2.24) is 10.2 Å². The van der Waals surface area contributed by atoms with Crippen LogP contribution in [0, 0.1) is 0 Å². The second kappa shape index (κ2) is 8.73. The smallest absolute Gasteiger partial charge is 0.276 e. The zero-order valence-corrected chi connectivity index (χ0v) is 16.2. The Morgan fingerprint density at radius 3 is 2.85 bits per heavy atom. The third-order valence-electron chi connectivity index (χ3n) is 4.11. The lowest BCUT2D eigenvalue weighted by Gasteiger charge is -2.11. The summed E-state index contributed by atoms with van der Waals surface area (Å²) in [4.78, 5) is 14.1. The number of methoxy groups -OCH3 is 1. The van der Waals surface area contributed by atoms with E-state index in [0.717, 1.165) is 18.4 Å². The first-order chi connectivity index (χ1) is 13.1. The number of nitrogens with one attached hydrogen (secondary N) is 1. The lowest BCUT2D eigenvalue weighted by Crippen LogP contribution is -2.29. The molecule has 0 unspecified atom stereocenters. The van der Waals surface area contributed by atoms with Gasteiger partial charge in [-0.2, -0.15) is 0 Å². The Hall–Kier alpha value is -2.80. The molecule has 0 bridgehead atoms. The Morgan fingerprint density at radius 2 is 2.15 bits per heavy atom. The van der Waals surface area contributed by atoms with E-state index in [2.05, 4.69) is 12.2 Å². The second-order valence-electron chi connectivity index (χ2n) is 6.07. The Kier molecular flexibility index (Phi) is 6.13. The van der Waals surface area contributed by atoms with Gasteiger partial charge in [0.1, 0.15) is 11.5 Å². The van der Waals surface area contributed by atoms with Crippen molar-refractivity contribution in [3.63, 3.8) is 0 Å². The molecule has 1 fully saturated rings. The second-order valence-corrected chi connectivity index (χ2v) is 6.46. The Morgan fingerprint density at radius 1 is 1.30 bits per heavy atom. The molecule has 3 rings (SSSR count). The van der Waals surface area contributed by atoms with Gasteiger partial charge in [-0.25, -0.2) is 0 Å². The monoisotopic (exact) mass is 386 g/mol. The molecule has 2 aromatic rings. The number of amides is 1. The largest absolute Gasteiger partial charge is 0.493 e. The van der Waals surface area contributed by atoms with E-state index in [1.54, 1.807) is 31.6 Å². The fraction of sp³-hybridized carbons (Fsp3) is 0.300. The minimum atomic E-state index is -0.196. The number of benzene rings is 1. The van der Waals surface area contributed by atoms with Gasteiger partial charge in [0.15, 0.2) is 16.6 Å². The van der Waals surface area contributed by atoms with Gasteiger partial charge in [-0.3, -0.25) is 9.69 Å². The predicted octanol–water partition coefficient (Wildman–Crippen LogP) is 3.72. The standard InChI is InChI=1S/C20H22N2O4S/c1-3-4-9-26-17-8-7-14(12-18(17)24-2)11-16-19(23)22(20(27)21-16)13-15-6-5-10-25-15/h5-8,10-12H,3-4,9,13H2,1-2H3,(H,21,27)/b16-11-. The van der Waals surface area contributed by atoms with Crippen molar-refractivity contribution in [3.05, 3.63) is 53.6 Å². The summed E-state index contributed by atoms with van der Waals surface area (Å²) in [7, 11) is 1.60. The van der Waals surface area contributed by atoms with Crippen molar-refractivity contribution in [2.24, 2.45) is 0 Å². The zero-order chi connectivity index (χ0) is 19.2. The number of carbonyl (C=O) groups is 1. The Bertz CT molecular complexity index is 846. The highest BCUT2D eigenvalue weighted by Gasteiger charge is 2.31. The summed E-state index contributed by atoms with van der Waals surface area (Å²) in [5.41, 5.74) is 1.22. The van der Waals surface area contributed by atoms with E-state index in [4.69, 9.17) is 26.1 Å². The van der Waals surface area contributed by atoms with Gasteiger partial charge in [-0.15, -0.1) is 0 Å². The molecule has 1 aromatic heterocycles. The molecule has 1 amide bonds. The van der Waals surface area contributed by atoms with E-state index in [0.29, 0.717) is 41.2 Å². The number of carbonyl (C=O) groups excluding carboxylic acids is 1. The Balaban J connectivity index is 1.75. The van der Waals surface area contributed by atoms with Crippen molar-refractivity contribution in [2.45, 2.75) is 26.3 Å². The summed E-state index contributed by atoms with van der Waals surface area (Å²) in [5, 5.41) is 3.32.